The van der Waals surface area contributed by atoms with E-state index in [1.165, 1.54) is 19.3 Å². The molecule has 5 nitrogen and oxygen atoms in total. The van der Waals surface area contributed by atoms with E-state index in [-0.39, 0.29) is 0 Å². The Morgan fingerprint density at radius 2 is 2.00 bits per heavy atom. The van der Waals surface area contributed by atoms with Gasteiger partial charge in [0.1, 0.15) is 17.5 Å². The minimum absolute atomic E-state index is 0.494. The lowest BCUT2D eigenvalue weighted by Crippen LogP contribution is -2.13. The van der Waals surface area contributed by atoms with Gasteiger partial charge in [-0.05, 0) is 30.6 Å². The van der Waals surface area contributed by atoms with Gasteiger partial charge in [0.2, 0.25) is 0 Å². The van der Waals surface area contributed by atoms with E-state index in [4.69, 9.17) is 5.84 Å². The third kappa shape index (κ3) is 2.41. The number of nitrogens with zero attached hydrogens (tertiary/aromatic N) is 2. The van der Waals surface area contributed by atoms with E-state index in [2.05, 4.69) is 34.6 Å². The van der Waals surface area contributed by atoms with Gasteiger partial charge in [-0.1, -0.05) is 13.8 Å². The van der Waals surface area contributed by atoms with Crippen LogP contribution in [0, 0.1) is 11.3 Å². The van der Waals surface area contributed by atoms with Crippen LogP contribution in [-0.4, -0.2) is 16.5 Å². The summed E-state index contributed by atoms with van der Waals surface area (Å²) in [6.07, 6.45) is 3.69. The number of aromatic nitrogens is 2. The minimum atomic E-state index is 0.494. The zero-order chi connectivity index (χ0) is 12.8. The molecule has 0 amide bonds. The predicted octanol–water partition coefficient (Wildman–Crippen LogP) is 2.10. The van der Waals surface area contributed by atoms with Crippen molar-refractivity contribution in [3.63, 3.8) is 0 Å². The summed E-state index contributed by atoms with van der Waals surface area (Å²) in [6, 6.07) is 1.88. The summed E-state index contributed by atoms with van der Waals surface area (Å²) in [7, 11) is 0. The zero-order valence-corrected chi connectivity index (χ0v) is 11.0. The Labute approximate surface area is 108 Å². The van der Waals surface area contributed by atoms with E-state index < -0.39 is 0 Å². The lowest BCUT2D eigenvalue weighted by Gasteiger charge is -2.10. The molecule has 0 aliphatic heterocycles. The summed E-state index contributed by atoms with van der Waals surface area (Å²) in [5.74, 6) is 9.25. The Balaban J connectivity index is 1.68. The summed E-state index contributed by atoms with van der Waals surface area (Å²) < 4.78 is 0. The largest absolute Gasteiger partial charge is 0.370 e. The molecular weight excluding hydrogens is 226 g/mol. The van der Waals surface area contributed by atoms with E-state index in [1.54, 1.807) is 0 Å². The first kappa shape index (κ1) is 11.7. The summed E-state index contributed by atoms with van der Waals surface area (Å²) in [5.41, 5.74) is 3.11. The van der Waals surface area contributed by atoms with Gasteiger partial charge in [0.05, 0.1) is 0 Å². The molecule has 5 heteroatoms. The smallest absolute Gasteiger partial charge is 0.145 e. The molecule has 1 atom stereocenters. The molecule has 2 aliphatic rings. The van der Waals surface area contributed by atoms with Crippen LogP contribution in [0.4, 0.5) is 11.6 Å². The van der Waals surface area contributed by atoms with E-state index >= 15 is 0 Å². The van der Waals surface area contributed by atoms with Crippen LogP contribution >= 0.6 is 0 Å². The molecule has 0 radical (unpaired) electrons. The van der Waals surface area contributed by atoms with Crippen LogP contribution in [0.5, 0.6) is 0 Å². The Morgan fingerprint density at radius 3 is 2.56 bits per heavy atom. The van der Waals surface area contributed by atoms with Crippen molar-refractivity contribution >= 4 is 11.6 Å². The molecular formula is C13H21N5. The van der Waals surface area contributed by atoms with Gasteiger partial charge in [0.15, 0.2) is 0 Å². The molecule has 1 unspecified atom stereocenters. The van der Waals surface area contributed by atoms with Gasteiger partial charge in [-0.15, -0.1) is 0 Å². The molecule has 2 saturated carbocycles. The predicted molar refractivity (Wildman–Crippen MR) is 72.2 cm³/mol. The average Bonchev–Trinajstić information content (AvgIpc) is 3.23. The Kier molecular flexibility index (Phi) is 2.66. The highest BCUT2D eigenvalue weighted by Gasteiger charge is 2.45. The van der Waals surface area contributed by atoms with Crippen LogP contribution < -0.4 is 16.6 Å². The number of nitrogens with two attached hydrogens (primary N) is 1. The molecule has 2 aliphatic carbocycles. The van der Waals surface area contributed by atoms with Crippen molar-refractivity contribution in [2.24, 2.45) is 17.2 Å². The first-order chi connectivity index (χ1) is 8.58. The van der Waals surface area contributed by atoms with E-state index in [0.29, 0.717) is 17.2 Å². The minimum Gasteiger partial charge on any atom is -0.370 e. The topological polar surface area (TPSA) is 75.9 Å². The molecule has 2 fully saturated rings. The maximum atomic E-state index is 5.45. The third-order valence-corrected chi connectivity index (χ3v) is 4.08. The molecule has 1 heterocycles. The lowest BCUT2D eigenvalue weighted by atomic mass is 10.1. The van der Waals surface area contributed by atoms with Gasteiger partial charge in [-0.3, -0.25) is 0 Å². The summed E-state index contributed by atoms with van der Waals surface area (Å²) in [6.45, 7) is 5.60. The van der Waals surface area contributed by atoms with Crippen LogP contribution in [0.3, 0.4) is 0 Å². The quantitative estimate of drug-likeness (QED) is 0.549. The number of hydrazine groups is 1. The second-order valence-corrected chi connectivity index (χ2v) is 6.19. The van der Waals surface area contributed by atoms with Crippen molar-refractivity contribution in [1.82, 2.24) is 9.97 Å². The number of nitrogen functional groups attached to an aromatic ring is 1. The molecule has 1 aromatic rings. The Morgan fingerprint density at radius 1 is 1.33 bits per heavy atom. The summed E-state index contributed by atoms with van der Waals surface area (Å²) in [4.78, 5) is 8.97. The molecule has 0 bridgehead atoms. The van der Waals surface area contributed by atoms with E-state index in [1.807, 2.05) is 6.07 Å². The van der Waals surface area contributed by atoms with Crippen LogP contribution in [0.1, 0.15) is 44.9 Å². The first-order valence-corrected chi connectivity index (χ1v) is 6.68. The highest BCUT2D eigenvalue weighted by atomic mass is 15.3. The number of hydrogen-bond donors (Lipinski definition) is 3. The van der Waals surface area contributed by atoms with Crippen molar-refractivity contribution in [3.05, 3.63) is 11.9 Å². The molecule has 4 N–H and O–H groups in total. The Bertz CT molecular complexity index is 453. The third-order valence-electron chi connectivity index (χ3n) is 4.08. The number of hydrogen-bond acceptors (Lipinski definition) is 5. The first-order valence-electron chi connectivity index (χ1n) is 6.68. The molecule has 1 aromatic heterocycles. The fourth-order valence-corrected chi connectivity index (χ4v) is 2.31. The van der Waals surface area contributed by atoms with Crippen LogP contribution in [0.25, 0.3) is 0 Å². The van der Waals surface area contributed by atoms with Crippen LogP contribution in [-0.2, 0) is 0 Å². The fraction of sp³-hybridized carbons (Fsp3) is 0.692. The van der Waals surface area contributed by atoms with Crippen molar-refractivity contribution in [2.45, 2.75) is 39.0 Å². The maximum Gasteiger partial charge on any atom is 0.145 e. The van der Waals surface area contributed by atoms with Gasteiger partial charge in [0.25, 0.3) is 0 Å². The SMILES string of the molecule is CC1(C)CC1CNc1cc(NN)nc(C2CC2)n1. The fourth-order valence-electron chi connectivity index (χ4n) is 2.31. The zero-order valence-electron chi connectivity index (χ0n) is 11.0. The van der Waals surface area contributed by atoms with Crippen LogP contribution in [0.15, 0.2) is 6.07 Å². The molecule has 18 heavy (non-hydrogen) atoms. The average molecular weight is 247 g/mol. The maximum absolute atomic E-state index is 5.45. The van der Waals surface area contributed by atoms with Crippen LogP contribution in [0.2, 0.25) is 0 Å². The van der Waals surface area contributed by atoms with E-state index in [0.717, 1.165) is 24.1 Å². The highest BCUT2D eigenvalue weighted by Crippen LogP contribution is 2.51. The molecule has 0 saturated heterocycles. The van der Waals surface area contributed by atoms with Gasteiger partial charge >= 0.3 is 0 Å². The van der Waals surface area contributed by atoms with Gasteiger partial charge in [-0.25, -0.2) is 15.8 Å². The molecule has 3 rings (SSSR count). The lowest BCUT2D eigenvalue weighted by molar-refractivity contribution is 0.572. The monoisotopic (exact) mass is 247 g/mol. The standard InChI is InChI=1S/C13H21N5/c1-13(2)6-9(13)7-15-10-5-11(18-14)17-12(16-10)8-3-4-8/h5,8-9H,3-4,6-7,14H2,1-2H3,(H2,15,16,17,18). The summed E-state index contributed by atoms with van der Waals surface area (Å²) >= 11 is 0. The van der Waals surface area contributed by atoms with Crippen molar-refractivity contribution < 1.29 is 0 Å². The molecule has 0 aromatic carbocycles. The second-order valence-electron chi connectivity index (χ2n) is 6.19. The van der Waals surface area contributed by atoms with Gasteiger partial charge < -0.3 is 10.7 Å². The van der Waals surface area contributed by atoms with Crippen molar-refractivity contribution in [1.29, 1.82) is 0 Å². The number of rotatable bonds is 5. The van der Waals surface area contributed by atoms with Crippen molar-refractivity contribution in [2.75, 3.05) is 17.3 Å². The molecule has 98 valence electrons. The normalized spacial score (nSPS) is 24.7. The summed E-state index contributed by atoms with van der Waals surface area (Å²) in [5, 5.41) is 3.41. The van der Waals surface area contributed by atoms with E-state index in [9.17, 15) is 0 Å². The second kappa shape index (κ2) is 4.09. The molecule has 0 spiro atoms. The number of anilines is 2. The number of nitrogens with one attached hydrogen (secondary N) is 2. The highest BCUT2D eigenvalue weighted by molar-refractivity contribution is 5.47. The van der Waals surface area contributed by atoms with Gasteiger partial charge in [0, 0.05) is 18.5 Å². The van der Waals surface area contributed by atoms with Crippen molar-refractivity contribution in [3.8, 4) is 0 Å². The Hall–Kier alpha value is -1.36. The van der Waals surface area contributed by atoms with Gasteiger partial charge in [-0.2, -0.15) is 0 Å².